The molecule has 0 spiro atoms. The fraction of sp³-hybridized carbons (Fsp3) is 0.538. The van der Waals surface area contributed by atoms with E-state index in [0.717, 1.165) is 74.2 Å². The highest BCUT2D eigenvalue weighted by atomic mass is 79.9. The Hall–Kier alpha value is -0.820. The number of benzene rings is 2. The molecule has 1 N–H and O–H groups in total. The van der Waals surface area contributed by atoms with Crippen molar-refractivity contribution in [2.45, 2.75) is 50.2 Å². The van der Waals surface area contributed by atoms with E-state index in [1.54, 1.807) is 0 Å². The van der Waals surface area contributed by atoms with Crippen LogP contribution < -0.4 is 4.74 Å². The van der Waals surface area contributed by atoms with Gasteiger partial charge in [-0.25, -0.2) is 0 Å². The molecule has 1 aliphatic heterocycles. The predicted molar refractivity (Wildman–Crippen MR) is 144 cm³/mol. The van der Waals surface area contributed by atoms with Crippen molar-refractivity contribution in [3.8, 4) is 5.75 Å². The predicted octanol–water partition coefficient (Wildman–Crippen LogP) is 5.90. The highest BCUT2D eigenvalue weighted by Gasteiger charge is 2.40. The Labute approximate surface area is 219 Å². The Morgan fingerprint density at radius 2 is 1.64 bits per heavy atom. The normalized spacial score (nSPS) is 19.7. The number of nitrogens with zero attached hydrogens (tertiary/aromatic N) is 2. The van der Waals surface area contributed by atoms with E-state index in [4.69, 9.17) is 4.74 Å². The summed E-state index contributed by atoms with van der Waals surface area (Å²) in [7, 11) is 2.19. The molecule has 33 heavy (non-hydrogen) atoms. The molecule has 1 saturated heterocycles. The molecule has 1 unspecified atom stereocenters. The Morgan fingerprint density at radius 3 is 2.27 bits per heavy atom. The molecule has 1 saturated carbocycles. The minimum atomic E-state index is -0.618. The first kappa shape index (κ1) is 28.4. The molecule has 2 aromatic rings. The molecule has 1 atom stereocenters. The molecule has 0 radical (unpaired) electrons. The first-order valence-electron chi connectivity index (χ1n) is 11.6. The van der Waals surface area contributed by atoms with Gasteiger partial charge >= 0.3 is 0 Å². The van der Waals surface area contributed by atoms with E-state index in [0.29, 0.717) is 6.61 Å². The maximum atomic E-state index is 11.7. The fourth-order valence-electron chi connectivity index (χ4n) is 4.97. The van der Waals surface area contributed by atoms with E-state index < -0.39 is 5.60 Å². The molecule has 2 fully saturated rings. The molecule has 4 rings (SSSR count). The van der Waals surface area contributed by atoms with Crippen LogP contribution >= 0.6 is 40.7 Å². The number of aliphatic hydroxyl groups is 1. The van der Waals surface area contributed by atoms with Crippen LogP contribution in [0, 0.1) is 0 Å². The number of ether oxygens (including phenoxy) is 1. The van der Waals surface area contributed by atoms with Crippen molar-refractivity contribution in [1.29, 1.82) is 0 Å². The summed E-state index contributed by atoms with van der Waals surface area (Å²) < 4.78 is 7.03. The van der Waals surface area contributed by atoms with Gasteiger partial charge in [0.2, 0.25) is 0 Å². The van der Waals surface area contributed by atoms with Crippen molar-refractivity contribution >= 4 is 40.7 Å². The lowest BCUT2D eigenvalue weighted by atomic mass is 9.72. The standard InChI is InChI=1S/C26H35BrN2O2.2ClH/c1-28-14-16-29(17-15-28)19-23(26(30)12-6-3-7-13-26)22-10-11-25(24(27)18-22)31-20-21-8-4-2-5-9-21;;/h2,4-5,8-11,18,23,30H,3,6-7,12-17,19-20H2,1H3;2*1H. The number of hydrogen-bond acceptors (Lipinski definition) is 4. The van der Waals surface area contributed by atoms with Gasteiger partial charge in [-0.05, 0) is 59.1 Å². The van der Waals surface area contributed by atoms with Crippen LogP contribution in [0.15, 0.2) is 53.0 Å². The molecule has 4 nitrogen and oxygen atoms in total. The van der Waals surface area contributed by atoms with Crippen LogP contribution in [0.25, 0.3) is 0 Å². The second-order valence-electron chi connectivity index (χ2n) is 9.28. The number of halogens is 3. The lowest BCUT2D eigenvalue weighted by Crippen LogP contribution is -2.50. The SMILES string of the molecule is CN1CCN(CC(c2ccc(OCc3ccccc3)c(Br)c2)C2(O)CCCCC2)CC1.Cl.Cl. The monoisotopic (exact) mass is 558 g/mol. The second kappa shape index (κ2) is 13.3. The highest BCUT2D eigenvalue weighted by Crippen LogP contribution is 2.42. The van der Waals surface area contributed by atoms with E-state index in [1.807, 2.05) is 18.2 Å². The van der Waals surface area contributed by atoms with Gasteiger partial charge in [0.25, 0.3) is 0 Å². The third-order valence-corrected chi connectivity index (χ3v) is 7.62. The van der Waals surface area contributed by atoms with E-state index in [1.165, 1.54) is 12.0 Å². The van der Waals surface area contributed by atoms with E-state index in [9.17, 15) is 5.11 Å². The Balaban J connectivity index is 0.00000193. The van der Waals surface area contributed by atoms with E-state index in [2.05, 4.69) is 63.1 Å². The molecule has 0 aromatic heterocycles. The van der Waals surface area contributed by atoms with Gasteiger partial charge in [-0.2, -0.15) is 0 Å². The summed E-state index contributed by atoms with van der Waals surface area (Å²) in [5.74, 6) is 0.970. The molecular formula is C26H37BrCl2N2O2. The summed E-state index contributed by atoms with van der Waals surface area (Å²) in [6.07, 6.45) is 5.27. The smallest absolute Gasteiger partial charge is 0.134 e. The number of piperazine rings is 1. The van der Waals surface area contributed by atoms with Crippen LogP contribution in [0.4, 0.5) is 0 Å². The van der Waals surface area contributed by atoms with Crippen molar-refractivity contribution in [3.63, 3.8) is 0 Å². The van der Waals surface area contributed by atoms with Gasteiger partial charge in [0.1, 0.15) is 12.4 Å². The zero-order chi connectivity index (χ0) is 21.7. The number of rotatable bonds is 7. The largest absolute Gasteiger partial charge is 0.488 e. The van der Waals surface area contributed by atoms with Gasteiger partial charge in [-0.15, -0.1) is 24.8 Å². The van der Waals surface area contributed by atoms with Gasteiger partial charge in [-0.1, -0.05) is 55.7 Å². The number of likely N-dealkylation sites (N-methyl/N-ethyl adjacent to an activating group) is 1. The van der Waals surface area contributed by atoms with Gasteiger partial charge in [0.05, 0.1) is 10.1 Å². The minimum absolute atomic E-state index is 0. The Kier molecular flexibility index (Phi) is 11.5. The van der Waals surface area contributed by atoms with Gasteiger partial charge in [-0.3, -0.25) is 0 Å². The summed E-state index contributed by atoms with van der Waals surface area (Å²) >= 11 is 3.74. The Morgan fingerprint density at radius 1 is 0.970 bits per heavy atom. The van der Waals surface area contributed by atoms with Crippen LogP contribution in [0.1, 0.15) is 49.1 Å². The van der Waals surface area contributed by atoms with Gasteiger partial charge in [0, 0.05) is 38.6 Å². The van der Waals surface area contributed by atoms with Crippen molar-refractivity contribution in [2.75, 3.05) is 39.8 Å². The van der Waals surface area contributed by atoms with Crippen molar-refractivity contribution in [2.24, 2.45) is 0 Å². The molecule has 0 bridgehead atoms. The molecule has 184 valence electrons. The highest BCUT2D eigenvalue weighted by molar-refractivity contribution is 9.10. The van der Waals surface area contributed by atoms with Gasteiger partial charge < -0.3 is 19.6 Å². The molecule has 2 aromatic carbocycles. The molecule has 7 heteroatoms. The first-order chi connectivity index (χ1) is 15.0. The topological polar surface area (TPSA) is 35.9 Å². The lowest BCUT2D eigenvalue weighted by Gasteiger charge is -2.43. The zero-order valence-corrected chi connectivity index (χ0v) is 22.6. The quantitative estimate of drug-likeness (QED) is 0.458. The van der Waals surface area contributed by atoms with Crippen LogP contribution in [-0.2, 0) is 6.61 Å². The molecule has 1 heterocycles. The van der Waals surface area contributed by atoms with Gasteiger partial charge in [0.15, 0.2) is 0 Å². The van der Waals surface area contributed by atoms with Crippen LogP contribution in [0.3, 0.4) is 0 Å². The van der Waals surface area contributed by atoms with Crippen LogP contribution in [-0.4, -0.2) is 60.3 Å². The van der Waals surface area contributed by atoms with Crippen molar-refractivity contribution in [1.82, 2.24) is 9.80 Å². The summed E-state index contributed by atoms with van der Waals surface area (Å²) in [6, 6.07) is 16.6. The van der Waals surface area contributed by atoms with Crippen LogP contribution in [0.5, 0.6) is 5.75 Å². The molecule has 1 aliphatic carbocycles. The maximum absolute atomic E-state index is 11.7. The summed E-state index contributed by atoms with van der Waals surface area (Å²) in [4.78, 5) is 4.92. The fourth-order valence-corrected chi connectivity index (χ4v) is 5.48. The van der Waals surface area contributed by atoms with E-state index >= 15 is 0 Å². The van der Waals surface area contributed by atoms with E-state index in [-0.39, 0.29) is 30.7 Å². The zero-order valence-electron chi connectivity index (χ0n) is 19.4. The summed E-state index contributed by atoms with van der Waals surface area (Å²) in [6.45, 7) is 5.81. The summed E-state index contributed by atoms with van der Waals surface area (Å²) in [5.41, 5.74) is 1.75. The average Bonchev–Trinajstić information content (AvgIpc) is 2.79. The first-order valence-corrected chi connectivity index (χ1v) is 12.4. The molecule has 0 amide bonds. The van der Waals surface area contributed by atoms with Crippen molar-refractivity contribution < 1.29 is 9.84 Å². The Bertz CT molecular complexity index is 841. The summed E-state index contributed by atoms with van der Waals surface area (Å²) in [5, 5.41) is 11.7. The molecule has 2 aliphatic rings. The molecular weight excluding hydrogens is 523 g/mol. The second-order valence-corrected chi connectivity index (χ2v) is 10.1. The average molecular weight is 560 g/mol. The van der Waals surface area contributed by atoms with Crippen LogP contribution in [0.2, 0.25) is 0 Å². The van der Waals surface area contributed by atoms with Crippen molar-refractivity contribution in [3.05, 3.63) is 64.1 Å². The minimum Gasteiger partial charge on any atom is -0.488 e. The maximum Gasteiger partial charge on any atom is 0.134 e. The third-order valence-electron chi connectivity index (χ3n) is 7.00. The number of hydrogen-bond donors (Lipinski definition) is 1. The lowest BCUT2D eigenvalue weighted by molar-refractivity contribution is -0.0337. The third kappa shape index (κ3) is 7.58.